The minimum absolute atomic E-state index is 0.239. The Labute approximate surface area is 121 Å². The standard InChI is InChI=1S/C17H16FNS/c1-17(19,14-7-3-4-8-15(14)18)10-12-11-20-16-9-5-2-6-13(12)16/h2-9,11H,10,19H2,1H3. The van der Waals surface area contributed by atoms with E-state index in [0.29, 0.717) is 12.0 Å². The Hall–Kier alpha value is -1.71. The zero-order valence-electron chi connectivity index (χ0n) is 11.3. The molecule has 0 amide bonds. The highest BCUT2D eigenvalue weighted by Gasteiger charge is 2.25. The van der Waals surface area contributed by atoms with E-state index in [-0.39, 0.29) is 5.82 Å². The molecule has 2 N–H and O–H groups in total. The topological polar surface area (TPSA) is 26.0 Å². The van der Waals surface area contributed by atoms with Crippen LogP contribution >= 0.6 is 11.3 Å². The summed E-state index contributed by atoms with van der Waals surface area (Å²) in [6.45, 7) is 1.89. The molecule has 0 radical (unpaired) electrons. The summed E-state index contributed by atoms with van der Waals surface area (Å²) in [6.07, 6.45) is 0.623. The van der Waals surface area contributed by atoms with Gasteiger partial charge in [-0.2, -0.15) is 0 Å². The van der Waals surface area contributed by atoms with Crippen LogP contribution in [0.2, 0.25) is 0 Å². The van der Waals surface area contributed by atoms with Crippen LogP contribution in [0, 0.1) is 5.82 Å². The smallest absolute Gasteiger partial charge is 0.128 e. The van der Waals surface area contributed by atoms with Crippen molar-refractivity contribution < 1.29 is 4.39 Å². The highest BCUT2D eigenvalue weighted by atomic mass is 32.1. The number of thiophene rings is 1. The largest absolute Gasteiger partial charge is 0.321 e. The number of halogens is 1. The van der Waals surface area contributed by atoms with Crippen molar-refractivity contribution in [3.05, 3.63) is 70.9 Å². The summed E-state index contributed by atoms with van der Waals surface area (Å²) in [7, 11) is 0. The molecule has 3 aromatic rings. The highest BCUT2D eigenvalue weighted by molar-refractivity contribution is 7.17. The van der Waals surface area contributed by atoms with Crippen LogP contribution in [-0.2, 0) is 12.0 Å². The van der Waals surface area contributed by atoms with Gasteiger partial charge in [0.25, 0.3) is 0 Å². The molecule has 3 rings (SSSR count). The summed E-state index contributed by atoms with van der Waals surface area (Å²) in [5, 5.41) is 3.34. The zero-order chi connectivity index (χ0) is 14.2. The molecule has 0 aliphatic carbocycles. The van der Waals surface area contributed by atoms with Gasteiger partial charge in [-0.25, -0.2) is 4.39 Å². The molecule has 0 aliphatic rings. The van der Waals surface area contributed by atoms with Gasteiger partial charge in [0, 0.05) is 15.8 Å². The molecule has 0 fully saturated rings. The second-order valence-electron chi connectivity index (χ2n) is 5.33. The van der Waals surface area contributed by atoms with Gasteiger partial charge in [-0.05, 0) is 41.8 Å². The first kappa shape index (κ1) is 13.3. The monoisotopic (exact) mass is 285 g/mol. The highest BCUT2D eigenvalue weighted by Crippen LogP contribution is 2.31. The lowest BCUT2D eigenvalue weighted by molar-refractivity contribution is 0.459. The fourth-order valence-corrected chi connectivity index (χ4v) is 3.55. The average Bonchev–Trinajstić information content (AvgIpc) is 2.82. The van der Waals surface area contributed by atoms with Gasteiger partial charge in [-0.15, -0.1) is 11.3 Å². The molecule has 0 saturated heterocycles. The van der Waals surface area contributed by atoms with Gasteiger partial charge in [0.1, 0.15) is 5.82 Å². The molecule has 1 nitrogen and oxygen atoms in total. The lowest BCUT2D eigenvalue weighted by atomic mass is 9.86. The van der Waals surface area contributed by atoms with Gasteiger partial charge in [-0.1, -0.05) is 36.4 Å². The fraction of sp³-hybridized carbons (Fsp3) is 0.176. The van der Waals surface area contributed by atoms with E-state index in [9.17, 15) is 4.39 Å². The number of fused-ring (bicyclic) bond motifs is 1. The summed E-state index contributed by atoms with van der Waals surface area (Å²) >= 11 is 1.70. The van der Waals surface area contributed by atoms with Crippen molar-refractivity contribution >= 4 is 21.4 Å². The fourth-order valence-electron chi connectivity index (χ4n) is 2.58. The van der Waals surface area contributed by atoms with Crippen molar-refractivity contribution in [1.29, 1.82) is 0 Å². The Morgan fingerprint density at radius 3 is 2.60 bits per heavy atom. The first-order valence-corrected chi connectivity index (χ1v) is 7.45. The SMILES string of the molecule is CC(N)(Cc1csc2ccccc12)c1ccccc1F. The number of hydrogen-bond donors (Lipinski definition) is 1. The normalized spacial score (nSPS) is 14.3. The first-order valence-electron chi connectivity index (χ1n) is 6.57. The molecule has 1 atom stereocenters. The third kappa shape index (κ3) is 2.35. The molecule has 0 aliphatic heterocycles. The lowest BCUT2D eigenvalue weighted by Gasteiger charge is -2.25. The Kier molecular flexibility index (Phi) is 3.32. The summed E-state index contributed by atoms with van der Waals surface area (Å²) in [5.74, 6) is -0.239. The van der Waals surface area contributed by atoms with Crippen LogP contribution < -0.4 is 5.73 Å². The van der Waals surface area contributed by atoms with E-state index >= 15 is 0 Å². The zero-order valence-corrected chi connectivity index (χ0v) is 12.1. The minimum Gasteiger partial charge on any atom is -0.321 e. The lowest BCUT2D eigenvalue weighted by Crippen LogP contribution is -2.36. The van der Waals surface area contributed by atoms with Crippen LogP contribution in [0.5, 0.6) is 0 Å². The summed E-state index contributed by atoms with van der Waals surface area (Å²) in [5.41, 5.74) is 7.42. The third-order valence-corrected chi connectivity index (χ3v) is 4.62. The van der Waals surface area contributed by atoms with Crippen LogP contribution in [0.4, 0.5) is 4.39 Å². The Morgan fingerprint density at radius 1 is 1.10 bits per heavy atom. The van der Waals surface area contributed by atoms with Crippen LogP contribution in [0.15, 0.2) is 53.9 Å². The molecule has 1 aromatic heterocycles. The van der Waals surface area contributed by atoms with Gasteiger partial charge in [0.05, 0.1) is 0 Å². The van der Waals surface area contributed by atoms with E-state index in [1.165, 1.54) is 21.7 Å². The molecular formula is C17H16FNS. The van der Waals surface area contributed by atoms with Gasteiger partial charge in [-0.3, -0.25) is 0 Å². The second kappa shape index (κ2) is 5.00. The van der Waals surface area contributed by atoms with Crippen LogP contribution in [0.25, 0.3) is 10.1 Å². The Morgan fingerprint density at radius 2 is 1.80 bits per heavy atom. The molecule has 0 bridgehead atoms. The van der Waals surface area contributed by atoms with Crippen LogP contribution in [-0.4, -0.2) is 0 Å². The van der Waals surface area contributed by atoms with E-state index in [1.54, 1.807) is 23.5 Å². The number of rotatable bonds is 3. The minimum atomic E-state index is -0.713. The van der Waals surface area contributed by atoms with Gasteiger partial charge >= 0.3 is 0 Å². The van der Waals surface area contributed by atoms with Crippen molar-refractivity contribution in [3.8, 4) is 0 Å². The van der Waals surface area contributed by atoms with Gasteiger partial charge in [0.15, 0.2) is 0 Å². The van der Waals surface area contributed by atoms with E-state index in [2.05, 4.69) is 17.5 Å². The van der Waals surface area contributed by atoms with Crippen molar-refractivity contribution in [2.75, 3.05) is 0 Å². The molecule has 3 heteroatoms. The number of nitrogens with two attached hydrogens (primary N) is 1. The number of hydrogen-bond acceptors (Lipinski definition) is 2. The van der Waals surface area contributed by atoms with E-state index < -0.39 is 5.54 Å². The predicted molar refractivity (Wildman–Crippen MR) is 83.5 cm³/mol. The van der Waals surface area contributed by atoms with E-state index in [4.69, 9.17) is 5.73 Å². The summed E-state index contributed by atoms with van der Waals surface area (Å²) in [4.78, 5) is 0. The molecule has 1 heterocycles. The van der Waals surface area contributed by atoms with Crippen molar-refractivity contribution in [1.82, 2.24) is 0 Å². The second-order valence-corrected chi connectivity index (χ2v) is 6.24. The molecule has 20 heavy (non-hydrogen) atoms. The van der Waals surface area contributed by atoms with Crippen molar-refractivity contribution in [3.63, 3.8) is 0 Å². The molecular weight excluding hydrogens is 269 g/mol. The third-order valence-electron chi connectivity index (χ3n) is 3.61. The first-order chi connectivity index (χ1) is 9.58. The molecule has 2 aromatic carbocycles. The van der Waals surface area contributed by atoms with Crippen LogP contribution in [0.3, 0.4) is 0 Å². The predicted octanol–water partition coefficient (Wildman–Crippen LogP) is 4.46. The van der Waals surface area contributed by atoms with E-state index in [0.717, 1.165) is 0 Å². The molecule has 0 spiro atoms. The van der Waals surface area contributed by atoms with Crippen LogP contribution in [0.1, 0.15) is 18.1 Å². The Balaban J connectivity index is 1.99. The Bertz CT molecular complexity index is 745. The van der Waals surface area contributed by atoms with E-state index in [1.807, 2.05) is 25.1 Å². The van der Waals surface area contributed by atoms with Crippen molar-refractivity contribution in [2.45, 2.75) is 18.9 Å². The molecule has 0 saturated carbocycles. The quantitative estimate of drug-likeness (QED) is 0.755. The average molecular weight is 285 g/mol. The maximum absolute atomic E-state index is 14.0. The summed E-state index contributed by atoms with van der Waals surface area (Å²) < 4.78 is 15.2. The maximum atomic E-state index is 14.0. The molecule has 102 valence electrons. The summed E-state index contributed by atoms with van der Waals surface area (Å²) in [6, 6.07) is 15.0. The van der Waals surface area contributed by atoms with Gasteiger partial charge in [0.2, 0.25) is 0 Å². The molecule has 1 unspecified atom stereocenters. The maximum Gasteiger partial charge on any atom is 0.128 e. The van der Waals surface area contributed by atoms with Gasteiger partial charge < -0.3 is 5.73 Å². The number of benzene rings is 2. The van der Waals surface area contributed by atoms with Crippen molar-refractivity contribution in [2.24, 2.45) is 5.73 Å².